The van der Waals surface area contributed by atoms with Gasteiger partial charge in [-0.15, -0.1) is 0 Å². The van der Waals surface area contributed by atoms with Gasteiger partial charge < -0.3 is 11.1 Å². The highest BCUT2D eigenvalue weighted by atomic mass is 35.5. The topological polar surface area (TPSA) is 76.7 Å². The molecule has 0 spiro atoms. The first-order valence-electron chi connectivity index (χ1n) is 4.66. The lowest BCUT2D eigenvalue weighted by Crippen LogP contribution is -2.03. The summed E-state index contributed by atoms with van der Waals surface area (Å²) in [5.41, 5.74) is 6.49. The molecule has 2 aromatic heterocycles. The number of nitrogens with zero attached hydrogens (tertiary/aromatic N) is 3. The van der Waals surface area contributed by atoms with Gasteiger partial charge in [0.2, 0.25) is 5.95 Å². The monoisotopic (exact) mass is 235 g/mol. The number of pyridine rings is 1. The van der Waals surface area contributed by atoms with Crippen molar-refractivity contribution < 1.29 is 0 Å². The van der Waals surface area contributed by atoms with E-state index in [1.54, 1.807) is 12.3 Å². The molecule has 0 aromatic carbocycles. The van der Waals surface area contributed by atoms with Gasteiger partial charge in [-0.1, -0.05) is 17.7 Å². The molecule has 0 fully saturated rings. The van der Waals surface area contributed by atoms with Crippen molar-refractivity contribution in [1.82, 2.24) is 15.0 Å². The van der Waals surface area contributed by atoms with Gasteiger partial charge in [0.05, 0.1) is 17.4 Å². The number of anilines is 2. The molecule has 0 unspecified atom stereocenters. The number of rotatable bonds is 3. The highest BCUT2D eigenvalue weighted by molar-refractivity contribution is 6.30. The van der Waals surface area contributed by atoms with Crippen molar-refractivity contribution in [2.45, 2.75) is 6.54 Å². The Balaban J connectivity index is 1.97. The van der Waals surface area contributed by atoms with E-state index in [1.807, 2.05) is 6.07 Å². The summed E-state index contributed by atoms with van der Waals surface area (Å²) >= 11 is 5.67. The molecule has 0 aliphatic heterocycles. The van der Waals surface area contributed by atoms with Gasteiger partial charge in [0.25, 0.3) is 0 Å². The minimum Gasteiger partial charge on any atom is -0.384 e. The van der Waals surface area contributed by atoms with Gasteiger partial charge in [-0.3, -0.25) is 0 Å². The van der Waals surface area contributed by atoms with E-state index in [0.717, 1.165) is 5.56 Å². The molecule has 0 atom stereocenters. The Labute approximate surface area is 97.7 Å². The molecule has 6 heteroatoms. The van der Waals surface area contributed by atoms with Crippen molar-refractivity contribution in [3.63, 3.8) is 0 Å². The molecule has 0 aliphatic rings. The van der Waals surface area contributed by atoms with E-state index in [1.165, 1.54) is 12.4 Å². The molecular weight excluding hydrogens is 226 g/mol. The van der Waals surface area contributed by atoms with Crippen LogP contribution in [0.3, 0.4) is 0 Å². The third-order valence-electron chi connectivity index (χ3n) is 1.92. The summed E-state index contributed by atoms with van der Waals surface area (Å²) in [6.07, 6.45) is 4.79. The predicted molar refractivity (Wildman–Crippen MR) is 63.0 cm³/mol. The number of nitrogen functional groups attached to an aromatic ring is 1. The largest absolute Gasteiger partial charge is 0.384 e. The molecule has 3 N–H and O–H groups in total. The van der Waals surface area contributed by atoms with Crippen LogP contribution in [0.5, 0.6) is 0 Å². The van der Waals surface area contributed by atoms with E-state index in [4.69, 9.17) is 17.3 Å². The number of aromatic nitrogens is 3. The summed E-state index contributed by atoms with van der Waals surface area (Å²) in [6, 6.07) is 3.64. The van der Waals surface area contributed by atoms with E-state index in [2.05, 4.69) is 20.3 Å². The Kier molecular flexibility index (Phi) is 3.16. The van der Waals surface area contributed by atoms with Crippen molar-refractivity contribution in [3.8, 4) is 0 Å². The van der Waals surface area contributed by atoms with E-state index in [0.29, 0.717) is 23.3 Å². The minimum atomic E-state index is 0.506. The summed E-state index contributed by atoms with van der Waals surface area (Å²) in [5.74, 6) is 1.03. The fraction of sp³-hybridized carbons (Fsp3) is 0.100. The molecule has 0 saturated carbocycles. The van der Waals surface area contributed by atoms with Crippen LogP contribution in [0.4, 0.5) is 11.8 Å². The number of nitrogens with one attached hydrogen (secondary N) is 1. The standard InChI is InChI=1S/C10H10ClN5/c11-8-5-15-10(16-6-8)14-4-7-1-2-9(12)13-3-7/h1-3,5-6H,4H2,(H2,12,13)(H,14,15,16). The summed E-state index contributed by atoms with van der Waals surface area (Å²) in [6.45, 7) is 0.592. The zero-order valence-corrected chi connectivity index (χ0v) is 9.15. The van der Waals surface area contributed by atoms with Crippen LogP contribution in [-0.2, 0) is 6.54 Å². The molecule has 2 rings (SSSR count). The van der Waals surface area contributed by atoms with Crippen molar-refractivity contribution in [2.75, 3.05) is 11.1 Å². The number of halogens is 1. The van der Waals surface area contributed by atoms with Gasteiger partial charge in [0, 0.05) is 12.7 Å². The summed E-state index contributed by atoms with van der Waals surface area (Å²) in [7, 11) is 0. The minimum absolute atomic E-state index is 0.506. The third-order valence-corrected chi connectivity index (χ3v) is 2.11. The van der Waals surface area contributed by atoms with Gasteiger partial charge in [0.1, 0.15) is 5.82 Å². The van der Waals surface area contributed by atoms with Crippen molar-refractivity contribution in [1.29, 1.82) is 0 Å². The average molecular weight is 236 g/mol. The fourth-order valence-electron chi connectivity index (χ4n) is 1.13. The number of hydrogen-bond donors (Lipinski definition) is 2. The number of nitrogens with two attached hydrogens (primary N) is 1. The Morgan fingerprint density at radius 1 is 1.12 bits per heavy atom. The van der Waals surface area contributed by atoms with Crippen LogP contribution in [0.25, 0.3) is 0 Å². The summed E-state index contributed by atoms with van der Waals surface area (Å²) in [4.78, 5) is 12.0. The maximum Gasteiger partial charge on any atom is 0.222 e. The normalized spacial score (nSPS) is 10.1. The highest BCUT2D eigenvalue weighted by Gasteiger charge is 1.97. The highest BCUT2D eigenvalue weighted by Crippen LogP contribution is 2.07. The van der Waals surface area contributed by atoms with Crippen LogP contribution < -0.4 is 11.1 Å². The molecule has 0 bridgehead atoms. The second-order valence-corrected chi connectivity index (χ2v) is 3.61. The lowest BCUT2D eigenvalue weighted by molar-refractivity contribution is 1.04. The summed E-state index contributed by atoms with van der Waals surface area (Å²) < 4.78 is 0. The quantitative estimate of drug-likeness (QED) is 0.847. The Hall–Kier alpha value is -1.88. The molecule has 82 valence electrons. The molecule has 0 amide bonds. The predicted octanol–water partition coefficient (Wildman–Crippen LogP) is 1.72. The Morgan fingerprint density at radius 2 is 1.88 bits per heavy atom. The molecule has 0 saturated heterocycles. The van der Waals surface area contributed by atoms with Gasteiger partial charge in [-0.25, -0.2) is 15.0 Å². The first-order valence-corrected chi connectivity index (χ1v) is 5.03. The zero-order valence-electron chi connectivity index (χ0n) is 8.39. The molecule has 5 nitrogen and oxygen atoms in total. The second-order valence-electron chi connectivity index (χ2n) is 3.17. The van der Waals surface area contributed by atoms with Crippen LogP contribution in [0.2, 0.25) is 5.02 Å². The average Bonchev–Trinajstić information content (AvgIpc) is 2.30. The molecule has 2 aromatic rings. The van der Waals surface area contributed by atoms with Crippen molar-refractivity contribution in [3.05, 3.63) is 41.3 Å². The Morgan fingerprint density at radius 3 is 2.50 bits per heavy atom. The van der Waals surface area contributed by atoms with Crippen molar-refractivity contribution >= 4 is 23.4 Å². The van der Waals surface area contributed by atoms with Gasteiger partial charge in [0.15, 0.2) is 0 Å². The first-order chi connectivity index (χ1) is 7.74. The number of hydrogen-bond acceptors (Lipinski definition) is 5. The zero-order chi connectivity index (χ0) is 11.4. The first kappa shape index (κ1) is 10.6. The molecule has 0 radical (unpaired) electrons. The smallest absolute Gasteiger partial charge is 0.222 e. The van der Waals surface area contributed by atoms with Gasteiger partial charge in [-0.05, 0) is 11.6 Å². The van der Waals surface area contributed by atoms with Crippen LogP contribution in [0, 0.1) is 0 Å². The molecule has 2 heterocycles. The molecule has 16 heavy (non-hydrogen) atoms. The van der Waals surface area contributed by atoms with Crippen molar-refractivity contribution in [2.24, 2.45) is 0 Å². The third kappa shape index (κ3) is 2.80. The fourth-order valence-corrected chi connectivity index (χ4v) is 1.22. The van der Waals surface area contributed by atoms with Crippen LogP contribution in [0.15, 0.2) is 30.7 Å². The van der Waals surface area contributed by atoms with Crippen LogP contribution in [0.1, 0.15) is 5.56 Å². The van der Waals surface area contributed by atoms with Gasteiger partial charge >= 0.3 is 0 Å². The lowest BCUT2D eigenvalue weighted by atomic mass is 10.3. The van der Waals surface area contributed by atoms with Gasteiger partial charge in [-0.2, -0.15) is 0 Å². The summed E-state index contributed by atoms with van der Waals surface area (Å²) in [5, 5.41) is 3.56. The van der Waals surface area contributed by atoms with E-state index < -0.39 is 0 Å². The van der Waals surface area contributed by atoms with Crippen LogP contribution in [-0.4, -0.2) is 15.0 Å². The van der Waals surface area contributed by atoms with E-state index in [9.17, 15) is 0 Å². The SMILES string of the molecule is Nc1ccc(CNc2ncc(Cl)cn2)cn1. The molecular formula is C10H10ClN5. The Bertz CT molecular complexity index is 408. The van der Waals surface area contributed by atoms with E-state index >= 15 is 0 Å². The van der Waals surface area contributed by atoms with Crippen LogP contribution >= 0.6 is 11.6 Å². The molecule has 0 aliphatic carbocycles. The lowest BCUT2D eigenvalue weighted by Gasteiger charge is -2.04. The maximum atomic E-state index is 5.67. The van der Waals surface area contributed by atoms with E-state index in [-0.39, 0.29) is 0 Å². The maximum absolute atomic E-state index is 5.67. The second kappa shape index (κ2) is 4.76.